The minimum atomic E-state index is -0.498. The van der Waals surface area contributed by atoms with Gasteiger partial charge in [-0.05, 0) is 89.5 Å². The number of benzene rings is 3. The van der Waals surface area contributed by atoms with Gasteiger partial charge in [-0.2, -0.15) is 5.26 Å². The minimum Gasteiger partial charge on any atom is -0.494 e. The Hall–Kier alpha value is -2.34. The highest BCUT2D eigenvalue weighted by Gasteiger charge is 2.15. The topological polar surface area (TPSA) is 62.1 Å². The Bertz CT molecular complexity index is 1270. The summed E-state index contributed by atoms with van der Waals surface area (Å²) in [6.45, 7) is 4.32. The van der Waals surface area contributed by atoms with Crippen molar-refractivity contribution in [3.63, 3.8) is 0 Å². The van der Waals surface area contributed by atoms with Gasteiger partial charge in [0.25, 0.3) is 5.91 Å². The van der Waals surface area contributed by atoms with Gasteiger partial charge in [0.2, 0.25) is 0 Å². The minimum absolute atomic E-state index is 0.0106. The van der Waals surface area contributed by atoms with Gasteiger partial charge in [-0.3, -0.25) is 4.79 Å². The molecule has 0 spiro atoms. The number of nitrogens with one attached hydrogen (secondary N) is 1. The van der Waals surface area contributed by atoms with Crippen molar-refractivity contribution in [2.45, 2.75) is 20.3 Å². The summed E-state index contributed by atoms with van der Waals surface area (Å²) in [5.41, 5.74) is 4.35. The Balaban J connectivity index is 1.92. The number of nitriles is 1. The Morgan fingerprint density at radius 2 is 2.00 bits per heavy atom. The molecule has 4 nitrogen and oxygen atoms in total. The molecule has 0 aromatic heterocycles. The predicted octanol–water partition coefficient (Wildman–Crippen LogP) is 7.55. The van der Waals surface area contributed by atoms with Gasteiger partial charge in [0, 0.05) is 30.7 Å². The third-order valence-electron chi connectivity index (χ3n) is 4.91. The molecule has 0 aliphatic rings. The van der Waals surface area contributed by atoms with Crippen LogP contribution in [0.25, 0.3) is 6.08 Å². The third kappa shape index (κ3) is 6.59. The first-order valence-corrected chi connectivity index (χ1v) is 12.4. The van der Waals surface area contributed by atoms with E-state index in [0.717, 1.165) is 30.5 Å². The number of hydrogen-bond donors (Lipinski definition) is 1. The van der Waals surface area contributed by atoms with E-state index in [-0.39, 0.29) is 5.57 Å². The van der Waals surface area contributed by atoms with Crippen LogP contribution in [0, 0.1) is 21.8 Å². The molecule has 3 rings (SSSR count). The Morgan fingerprint density at radius 3 is 2.67 bits per heavy atom. The van der Waals surface area contributed by atoms with Crippen molar-refractivity contribution < 1.29 is 9.53 Å². The van der Waals surface area contributed by atoms with Crippen molar-refractivity contribution in [2.75, 3.05) is 11.9 Å². The summed E-state index contributed by atoms with van der Waals surface area (Å²) < 4.78 is 7.94. The zero-order chi connectivity index (χ0) is 24.0. The van der Waals surface area contributed by atoms with Crippen LogP contribution in [-0.4, -0.2) is 12.5 Å². The van der Waals surface area contributed by atoms with Gasteiger partial charge in [-0.1, -0.05) is 51.8 Å². The van der Waals surface area contributed by atoms with Crippen molar-refractivity contribution in [1.29, 1.82) is 5.26 Å². The summed E-state index contributed by atoms with van der Waals surface area (Å²) in [5, 5.41) is 12.9. The van der Waals surface area contributed by atoms with E-state index in [0.29, 0.717) is 29.3 Å². The molecule has 3 aromatic rings. The van der Waals surface area contributed by atoms with Gasteiger partial charge in [0.1, 0.15) is 17.4 Å². The quantitative estimate of drug-likeness (QED) is 0.166. The van der Waals surface area contributed by atoms with Crippen molar-refractivity contribution in [3.05, 3.63) is 95.5 Å². The zero-order valence-corrected chi connectivity index (χ0v) is 22.6. The van der Waals surface area contributed by atoms with Crippen LogP contribution in [0.1, 0.15) is 29.2 Å². The zero-order valence-electron chi connectivity index (χ0n) is 18.1. The highest BCUT2D eigenvalue weighted by molar-refractivity contribution is 14.1. The fourth-order valence-corrected chi connectivity index (χ4v) is 4.61. The van der Waals surface area contributed by atoms with Crippen LogP contribution in [0.2, 0.25) is 5.02 Å². The molecule has 33 heavy (non-hydrogen) atoms. The molecule has 168 valence electrons. The molecule has 0 aliphatic carbocycles. The molecule has 0 unspecified atom stereocenters. The number of carbonyl (C=O) groups excluding carboxylic acids is 1. The summed E-state index contributed by atoms with van der Waals surface area (Å²) in [5.74, 6) is 0.233. The van der Waals surface area contributed by atoms with Gasteiger partial charge in [0.15, 0.2) is 0 Å². The first-order valence-electron chi connectivity index (χ1n) is 10.2. The normalized spacial score (nSPS) is 11.1. The van der Waals surface area contributed by atoms with Crippen molar-refractivity contribution in [2.24, 2.45) is 0 Å². The summed E-state index contributed by atoms with van der Waals surface area (Å²) >= 11 is 12.0. The molecule has 0 heterocycles. The van der Waals surface area contributed by atoms with E-state index in [9.17, 15) is 10.1 Å². The van der Waals surface area contributed by atoms with Crippen LogP contribution >= 0.6 is 50.1 Å². The van der Waals surface area contributed by atoms with Crippen LogP contribution in [-0.2, 0) is 11.2 Å². The van der Waals surface area contributed by atoms with E-state index in [1.165, 1.54) is 0 Å². The SMILES string of the molecule is CCOc1cc(/C=C(\C#N)C(=O)Nc2ccc(C)c(Cl)c2)cc(I)c1Cc1ccccc1Br. The molecule has 0 saturated carbocycles. The van der Waals surface area contributed by atoms with E-state index >= 15 is 0 Å². The Labute approximate surface area is 220 Å². The van der Waals surface area contributed by atoms with Gasteiger partial charge in [0.05, 0.1) is 6.61 Å². The van der Waals surface area contributed by atoms with Crippen molar-refractivity contribution >= 4 is 67.8 Å². The van der Waals surface area contributed by atoms with E-state index < -0.39 is 5.91 Å². The van der Waals surface area contributed by atoms with Crippen LogP contribution in [0.4, 0.5) is 5.69 Å². The smallest absolute Gasteiger partial charge is 0.266 e. The second-order valence-corrected chi connectivity index (χ2v) is 9.69. The maximum Gasteiger partial charge on any atom is 0.266 e. The van der Waals surface area contributed by atoms with Crippen LogP contribution in [0.3, 0.4) is 0 Å². The van der Waals surface area contributed by atoms with E-state index in [1.807, 2.05) is 56.3 Å². The standard InChI is InChI=1S/C26H21BrClIN2O2/c1-3-33-25-12-17(11-24(29)21(25)13-18-6-4-5-7-22(18)27)10-19(15-30)26(32)31-20-9-8-16(2)23(28)14-20/h4-12,14H,3,13H2,1-2H3,(H,31,32)/b19-10+. The third-order valence-corrected chi connectivity index (χ3v) is 7.05. The lowest BCUT2D eigenvalue weighted by Gasteiger charge is -2.15. The lowest BCUT2D eigenvalue weighted by atomic mass is 10.0. The van der Waals surface area contributed by atoms with E-state index in [2.05, 4.69) is 49.9 Å². The summed E-state index contributed by atoms with van der Waals surface area (Å²) in [6.07, 6.45) is 2.26. The number of hydrogen-bond acceptors (Lipinski definition) is 3. The number of nitrogens with zero attached hydrogens (tertiary/aromatic N) is 1. The van der Waals surface area contributed by atoms with E-state index in [1.54, 1.807) is 18.2 Å². The summed E-state index contributed by atoms with van der Waals surface area (Å²) in [7, 11) is 0. The van der Waals surface area contributed by atoms with Gasteiger partial charge in [-0.25, -0.2) is 0 Å². The fourth-order valence-electron chi connectivity index (χ4n) is 3.19. The Morgan fingerprint density at radius 1 is 1.24 bits per heavy atom. The average Bonchev–Trinajstić information content (AvgIpc) is 2.78. The average molecular weight is 636 g/mol. The lowest BCUT2D eigenvalue weighted by molar-refractivity contribution is -0.112. The number of halogens is 3. The molecular formula is C26H21BrClIN2O2. The highest BCUT2D eigenvalue weighted by atomic mass is 127. The van der Waals surface area contributed by atoms with Crippen LogP contribution < -0.4 is 10.1 Å². The molecule has 0 radical (unpaired) electrons. The number of rotatable bonds is 7. The predicted molar refractivity (Wildman–Crippen MR) is 146 cm³/mol. The molecule has 1 amide bonds. The first kappa shape index (κ1) is 25.3. The molecule has 0 aliphatic heterocycles. The number of ether oxygens (including phenoxy) is 1. The molecule has 0 fully saturated rings. The van der Waals surface area contributed by atoms with Crippen LogP contribution in [0.5, 0.6) is 5.75 Å². The number of amides is 1. The van der Waals surface area contributed by atoms with Crippen LogP contribution in [0.15, 0.2) is 64.6 Å². The second kappa shape index (κ2) is 11.7. The summed E-state index contributed by atoms with van der Waals surface area (Å²) in [6, 6.07) is 19.1. The Kier molecular flexibility index (Phi) is 8.95. The highest BCUT2D eigenvalue weighted by Crippen LogP contribution is 2.32. The molecule has 7 heteroatoms. The van der Waals surface area contributed by atoms with Crippen molar-refractivity contribution in [1.82, 2.24) is 0 Å². The first-order chi connectivity index (χ1) is 15.8. The maximum absolute atomic E-state index is 12.7. The van der Waals surface area contributed by atoms with Crippen molar-refractivity contribution in [3.8, 4) is 11.8 Å². The summed E-state index contributed by atoms with van der Waals surface area (Å²) in [4.78, 5) is 12.7. The number of aryl methyl sites for hydroxylation is 1. The lowest BCUT2D eigenvalue weighted by Crippen LogP contribution is -2.13. The van der Waals surface area contributed by atoms with Gasteiger partial charge >= 0.3 is 0 Å². The van der Waals surface area contributed by atoms with E-state index in [4.69, 9.17) is 16.3 Å². The molecule has 3 aromatic carbocycles. The van der Waals surface area contributed by atoms with Gasteiger partial charge < -0.3 is 10.1 Å². The molecular weight excluding hydrogens is 615 g/mol. The number of carbonyl (C=O) groups is 1. The molecule has 1 N–H and O–H groups in total. The monoisotopic (exact) mass is 634 g/mol. The molecule has 0 saturated heterocycles. The second-order valence-electron chi connectivity index (χ2n) is 7.27. The fraction of sp³-hybridized carbons (Fsp3) is 0.154. The maximum atomic E-state index is 12.7. The number of anilines is 1. The van der Waals surface area contributed by atoms with Gasteiger partial charge in [-0.15, -0.1) is 0 Å². The largest absolute Gasteiger partial charge is 0.494 e. The molecule has 0 atom stereocenters. The molecule has 0 bridgehead atoms.